The molecule has 3 N–H and O–H groups in total. The van der Waals surface area contributed by atoms with E-state index < -0.39 is 6.04 Å². The second-order valence-corrected chi connectivity index (χ2v) is 5.20. The van der Waals surface area contributed by atoms with Gasteiger partial charge in [-0.3, -0.25) is 9.59 Å². The zero-order valence-corrected chi connectivity index (χ0v) is 10.8. The molecule has 2 amide bonds. The number of benzene rings is 1. The molecular weight excluding hydrogens is 258 g/mol. The summed E-state index contributed by atoms with van der Waals surface area (Å²) in [6.45, 7) is 0.667. The predicted molar refractivity (Wildman–Crippen MR) is 71.7 cm³/mol. The van der Waals surface area contributed by atoms with Crippen LogP contribution in [0, 0.1) is 5.92 Å². The number of aldehydes is 1. The number of piperidine rings is 1. The lowest BCUT2D eigenvalue weighted by Crippen LogP contribution is -2.53. The lowest BCUT2D eigenvalue weighted by Gasteiger charge is -2.32. The second-order valence-electron chi connectivity index (χ2n) is 5.20. The average Bonchev–Trinajstić information content (AvgIpc) is 2.79. The number of carbonyl (C=O) groups is 3. The fraction of sp³-hybridized carbons (Fsp3) is 0.357. The third-order valence-electron chi connectivity index (χ3n) is 3.97. The highest BCUT2D eigenvalue weighted by molar-refractivity contribution is 6.02. The number of fused-ring (bicyclic) bond motifs is 1. The summed E-state index contributed by atoms with van der Waals surface area (Å²) in [5.74, 6) is -0.645. The standard InChI is InChI=1S/C14H15N3O3/c15-11-3-1-2-9-10(11)6-17(14(9)20)12-4-8(7-18)5-16-13(12)19/h1-3,7-8,12H,4-6,15H2,(H,16,19). The summed E-state index contributed by atoms with van der Waals surface area (Å²) in [5.41, 5.74) is 7.75. The number of nitrogens with one attached hydrogen (secondary N) is 1. The number of carbonyl (C=O) groups excluding carboxylic acids is 3. The van der Waals surface area contributed by atoms with Crippen molar-refractivity contribution in [3.8, 4) is 0 Å². The lowest BCUT2D eigenvalue weighted by molar-refractivity contribution is -0.129. The minimum atomic E-state index is -0.599. The normalized spacial score (nSPS) is 25.3. The van der Waals surface area contributed by atoms with Crippen LogP contribution in [0.5, 0.6) is 0 Å². The van der Waals surface area contributed by atoms with Gasteiger partial charge >= 0.3 is 0 Å². The fourth-order valence-corrected chi connectivity index (χ4v) is 2.83. The third-order valence-corrected chi connectivity index (χ3v) is 3.97. The molecule has 1 fully saturated rings. The number of nitrogen functional groups attached to an aromatic ring is 1. The van der Waals surface area contributed by atoms with Gasteiger partial charge in [0.25, 0.3) is 5.91 Å². The average molecular weight is 273 g/mol. The number of nitrogens with two attached hydrogens (primary N) is 1. The van der Waals surface area contributed by atoms with Gasteiger partial charge in [-0.2, -0.15) is 0 Å². The molecule has 2 unspecified atom stereocenters. The van der Waals surface area contributed by atoms with E-state index >= 15 is 0 Å². The van der Waals surface area contributed by atoms with Crippen LogP contribution in [0.4, 0.5) is 5.69 Å². The molecule has 2 aliphatic rings. The number of hydrogen-bond acceptors (Lipinski definition) is 4. The van der Waals surface area contributed by atoms with Gasteiger partial charge < -0.3 is 20.7 Å². The second kappa shape index (κ2) is 4.63. The van der Waals surface area contributed by atoms with Crippen LogP contribution in [0.15, 0.2) is 18.2 Å². The maximum absolute atomic E-state index is 12.4. The molecule has 2 heterocycles. The Bertz CT molecular complexity index is 599. The van der Waals surface area contributed by atoms with Crippen molar-refractivity contribution in [3.05, 3.63) is 29.3 Å². The Labute approximate surface area is 115 Å². The summed E-state index contributed by atoms with van der Waals surface area (Å²) in [5, 5.41) is 2.68. The van der Waals surface area contributed by atoms with E-state index in [2.05, 4.69) is 5.32 Å². The first-order chi connectivity index (χ1) is 9.61. The molecule has 6 heteroatoms. The van der Waals surface area contributed by atoms with Crippen molar-refractivity contribution in [1.82, 2.24) is 10.2 Å². The Morgan fingerprint density at radius 2 is 2.15 bits per heavy atom. The first kappa shape index (κ1) is 12.7. The first-order valence-corrected chi connectivity index (χ1v) is 6.53. The smallest absolute Gasteiger partial charge is 0.255 e. The lowest BCUT2D eigenvalue weighted by atomic mass is 9.95. The fourth-order valence-electron chi connectivity index (χ4n) is 2.83. The Morgan fingerprint density at radius 3 is 2.85 bits per heavy atom. The van der Waals surface area contributed by atoms with E-state index in [0.717, 1.165) is 11.8 Å². The Morgan fingerprint density at radius 1 is 1.35 bits per heavy atom. The van der Waals surface area contributed by atoms with Crippen molar-refractivity contribution in [2.45, 2.75) is 19.0 Å². The van der Waals surface area contributed by atoms with Crippen molar-refractivity contribution in [2.75, 3.05) is 12.3 Å². The molecule has 3 rings (SSSR count). The number of rotatable bonds is 2. The van der Waals surface area contributed by atoms with E-state index in [9.17, 15) is 14.4 Å². The van der Waals surface area contributed by atoms with Gasteiger partial charge in [0, 0.05) is 35.8 Å². The van der Waals surface area contributed by atoms with Gasteiger partial charge in [-0.15, -0.1) is 0 Å². The molecule has 104 valence electrons. The molecule has 0 aliphatic carbocycles. The Hall–Kier alpha value is -2.37. The molecule has 0 spiro atoms. The molecule has 0 saturated carbocycles. The minimum Gasteiger partial charge on any atom is -0.398 e. The maximum atomic E-state index is 12.4. The van der Waals surface area contributed by atoms with E-state index in [-0.39, 0.29) is 17.7 Å². The van der Waals surface area contributed by atoms with Gasteiger partial charge in [-0.1, -0.05) is 6.07 Å². The van der Waals surface area contributed by atoms with Crippen molar-refractivity contribution < 1.29 is 14.4 Å². The van der Waals surface area contributed by atoms with Gasteiger partial charge in [0.2, 0.25) is 5.91 Å². The van der Waals surface area contributed by atoms with Crippen LogP contribution in [-0.4, -0.2) is 35.6 Å². The molecule has 1 aromatic carbocycles. The van der Waals surface area contributed by atoms with Crippen LogP contribution in [-0.2, 0) is 16.1 Å². The summed E-state index contributed by atoms with van der Waals surface area (Å²) in [6.07, 6.45) is 1.20. The number of amides is 2. The minimum absolute atomic E-state index is 0.195. The molecule has 2 aliphatic heterocycles. The highest BCUT2D eigenvalue weighted by Crippen LogP contribution is 2.31. The van der Waals surface area contributed by atoms with Gasteiger partial charge in [-0.05, 0) is 18.6 Å². The third kappa shape index (κ3) is 1.84. The summed E-state index contributed by atoms with van der Waals surface area (Å²) in [6, 6.07) is 4.58. The van der Waals surface area contributed by atoms with Gasteiger partial charge in [0.1, 0.15) is 12.3 Å². The quantitative estimate of drug-likeness (QED) is 0.582. The van der Waals surface area contributed by atoms with Crippen LogP contribution in [0.2, 0.25) is 0 Å². The van der Waals surface area contributed by atoms with Gasteiger partial charge in [0.05, 0.1) is 0 Å². The van der Waals surface area contributed by atoms with E-state index in [1.165, 1.54) is 4.90 Å². The summed E-state index contributed by atoms with van der Waals surface area (Å²) in [4.78, 5) is 36.8. The highest BCUT2D eigenvalue weighted by atomic mass is 16.2. The van der Waals surface area contributed by atoms with Crippen LogP contribution in [0.1, 0.15) is 22.3 Å². The molecule has 20 heavy (non-hydrogen) atoms. The highest BCUT2D eigenvalue weighted by Gasteiger charge is 2.40. The van der Waals surface area contributed by atoms with E-state index in [1.807, 2.05) is 0 Å². The molecule has 2 atom stereocenters. The van der Waals surface area contributed by atoms with Crippen molar-refractivity contribution in [1.29, 1.82) is 0 Å². The summed E-state index contributed by atoms with van der Waals surface area (Å²) < 4.78 is 0. The van der Waals surface area contributed by atoms with Gasteiger partial charge in [-0.25, -0.2) is 0 Å². The summed E-state index contributed by atoms with van der Waals surface area (Å²) >= 11 is 0. The Balaban J connectivity index is 1.89. The van der Waals surface area contributed by atoms with E-state index in [1.54, 1.807) is 18.2 Å². The molecule has 0 radical (unpaired) electrons. The molecule has 1 aromatic rings. The zero-order chi connectivity index (χ0) is 14.3. The topological polar surface area (TPSA) is 92.5 Å². The van der Waals surface area contributed by atoms with Crippen LogP contribution >= 0.6 is 0 Å². The zero-order valence-electron chi connectivity index (χ0n) is 10.8. The van der Waals surface area contributed by atoms with Crippen molar-refractivity contribution in [3.63, 3.8) is 0 Å². The number of hydrogen-bond donors (Lipinski definition) is 2. The largest absolute Gasteiger partial charge is 0.398 e. The van der Waals surface area contributed by atoms with E-state index in [4.69, 9.17) is 5.73 Å². The van der Waals surface area contributed by atoms with Crippen LogP contribution in [0.25, 0.3) is 0 Å². The SMILES string of the molecule is Nc1cccc2c1CN(C1CC(C=O)CNC1=O)C2=O. The summed E-state index contributed by atoms with van der Waals surface area (Å²) in [7, 11) is 0. The number of nitrogens with zero attached hydrogens (tertiary/aromatic N) is 1. The van der Waals surface area contributed by atoms with Crippen molar-refractivity contribution in [2.24, 2.45) is 5.92 Å². The van der Waals surface area contributed by atoms with E-state index in [0.29, 0.717) is 30.8 Å². The first-order valence-electron chi connectivity index (χ1n) is 6.53. The molecular formula is C14H15N3O3. The molecule has 0 bridgehead atoms. The monoisotopic (exact) mass is 273 g/mol. The van der Waals surface area contributed by atoms with Crippen molar-refractivity contribution >= 4 is 23.8 Å². The number of anilines is 1. The molecule has 0 aromatic heterocycles. The molecule has 1 saturated heterocycles. The maximum Gasteiger partial charge on any atom is 0.255 e. The molecule has 6 nitrogen and oxygen atoms in total. The van der Waals surface area contributed by atoms with Crippen LogP contribution in [0.3, 0.4) is 0 Å². The van der Waals surface area contributed by atoms with Gasteiger partial charge in [0.15, 0.2) is 0 Å². The Kier molecular flexibility index (Phi) is 2.93. The predicted octanol–water partition coefficient (Wildman–Crippen LogP) is -0.0718. The van der Waals surface area contributed by atoms with Crippen LogP contribution < -0.4 is 11.1 Å².